The summed E-state index contributed by atoms with van der Waals surface area (Å²) < 4.78 is 0. The highest BCUT2D eigenvalue weighted by Crippen LogP contribution is 2.06. The number of hydrogen-bond acceptors (Lipinski definition) is 1. The van der Waals surface area contributed by atoms with E-state index in [9.17, 15) is 0 Å². The van der Waals surface area contributed by atoms with Gasteiger partial charge in [-0.25, -0.2) is 0 Å². The van der Waals surface area contributed by atoms with Crippen LogP contribution in [-0.2, 0) is 6.42 Å². The molecule has 0 heterocycles. The molecule has 0 aliphatic rings. The molecule has 1 rings (SSSR count). The van der Waals surface area contributed by atoms with Gasteiger partial charge in [0, 0.05) is 5.54 Å². The summed E-state index contributed by atoms with van der Waals surface area (Å²) in [4.78, 5) is 0. The van der Waals surface area contributed by atoms with Gasteiger partial charge in [0.15, 0.2) is 0 Å². The van der Waals surface area contributed by atoms with Gasteiger partial charge in [0.05, 0.1) is 0 Å². The molecule has 0 aliphatic heterocycles. The number of benzene rings is 1. The Morgan fingerprint density at radius 3 is 2.20 bits per heavy atom. The summed E-state index contributed by atoms with van der Waals surface area (Å²) in [6, 6.07) is 8.83. The van der Waals surface area contributed by atoms with Crippen molar-refractivity contribution in [3.8, 4) is 0 Å². The van der Waals surface area contributed by atoms with Crippen molar-refractivity contribution >= 4 is 0 Å². The fourth-order valence-electron chi connectivity index (χ4n) is 1.51. The molecule has 1 N–H and O–H groups in total. The molecule has 84 valence electrons. The fourth-order valence-corrected chi connectivity index (χ4v) is 1.51. The second kappa shape index (κ2) is 5.32. The monoisotopic (exact) mass is 205 g/mol. The minimum absolute atomic E-state index is 0.243. The van der Waals surface area contributed by atoms with Crippen LogP contribution in [0.4, 0.5) is 0 Å². The highest BCUT2D eigenvalue weighted by molar-refractivity contribution is 5.21. The number of nitrogens with one attached hydrogen (secondary N) is 1. The maximum atomic E-state index is 3.50. The van der Waals surface area contributed by atoms with E-state index in [-0.39, 0.29) is 5.54 Å². The minimum Gasteiger partial charge on any atom is -0.312 e. The lowest BCUT2D eigenvalue weighted by Crippen LogP contribution is -2.36. The smallest absolute Gasteiger partial charge is 0.00965 e. The molecule has 0 radical (unpaired) electrons. The zero-order valence-electron chi connectivity index (χ0n) is 10.4. The van der Waals surface area contributed by atoms with E-state index in [4.69, 9.17) is 0 Å². The van der Waals surface area contributed by atoms with Crippen LogP contribution in [-0.4, -0.2) is 12.1 Å². The van der Waals surface area contributed by atoms with E-state index in [0.29, 0.717) is 0 Å². The van der Waals surface area contributed by atoms with Crippen molar-refractivity contribution in [1.29, 1.82) is 0 Å². The Hall–Kier alpha value is -0.820. The second-order valence-corrected chi connectivity index (χ2v) is 5.27. The van der Waals surface area contributed by atoms with Crippen LogP contribution < -0.4 is 5.32 Å². The van der Waals surface area contributed by atoms with Crippen LogP contribution in [0.5, 0.6) is 0 Å². The number of aryl methyl sites for hydroxylation is 2. The van der Waals surface area contributed by atoms with Crippen LogP contribution in [0.2, 0.25) is 0 Å². The molecular weight excluding hydrogens is 182 g/mol. The molecule has 0 saturated carbocycles. The summed E-state index contributed by atoms with van der Waals surface area (Å²) in [6.07, 6.45) is 2.38. The third-order valence-electron chi connectivity index (χ3n) is 2.42. The summed E-state index contributed by atoms with van der Waals surface area (Å²) >= 11 is 0. The molecule has 0 atom stereocenters. The van der Waals surface area contributed by atoms with E-state index in [1.165, 1.54) is 24.0 Å². The van der Waals surface area contributed by atoms with Crippen LogP contribution in [0.15, 0.2) is 24.3 Å². The molecule has 0 aromatic heterocycles. The predicted molar refractivity (Wildman–Crippen MR) is 67.3 cm³/mol. The zero-order chi connectivity index (χ0) is 11.3. The van der Waals surface area contributed by atoms with Gasteiger partial charge in [-0.2, -0.15) is 0 Å². The van der Waals surface area contributed by atoms with Crippen molar-refractivity contribution in [3.63, 3.8) is 0 Å². The second-order valence-electron chi connectivity index (χ2n) is 5.27. The predicted octanol–water partition coefficient (Wildman–Crippen LogP) is 3.32. The van der Waals surface area contributed by atoms with Crippen LogP contribution in [0, 0.1) is 6.92 Å². The van der Waals surface area contributed by atoms with Crippen LogP contribution >= 0.6 is 0 Å². The van der Waals surface area contributed by atoms with Crippen molar-refractivity contribution in [2.45, 2.75) is 46.1 Å². The minimum atomic E-state index is 0.243. The molecule has 0 amide bonds. The zero-order valence-corrected chi connectivity index (χ0v) is 10.4. The lowest BCUT2D eigenvalue weighted by Gasteiger charge is -2.20. The first-order valence-electron chi connectivity index (χ1n) is 5.78. The SMILES string of the molecule is Cc1ccc(CCCNC(C)(C)C)cc1. The molecule has 1 nitrogen and oxygen atoms in total. The van der Waals surface area contributed by atoms with E-state index in [0.717, 1.165) is 6.54 Å². The van der Waals surface area contributed by atoms with Gasteiger partial charge in [0.2, 0.25) is 0 Å². The van der Waals surface area contributed by atoms with Crippen molar-refractivity contribution in [3.05, 3.63) is 35.4 Å². The molecule has 1 heteroatoms. The molecule has 0 spiro atoms. The van der Waals surface area contributed by atoms with Crippen molar-refractivity contribution in [1.82, 2.24) is 5.32 Å². The normalized spacial score (nSPS) is 11.7. The Kier molecular flexibility index (Phi) is 4.34. The van der Waals surface area contributed by atoms with Gasteiger partial charge in [-0.3, -0.25) is 0 Å². The first-order valence-corrected chi connectivity index (χ1v) is 5.78. The van der Waals surface area contributed by atoms with Gasteiger partial charge >= 0.3 is 0 Å². The standard InChI is InChI=1S/C14H23N/c1-12-7-9-13(10-8-12)6-5-11-15-14(2,3)4/h7-10,15H,5-6,11H2,1-4H3. The Balaban J connectivity index is 2.23. The maximum absolute atomic E-state index is 3.50. The topological polar surface area (TPSA) is 12.0 Å². The molecule has 0 unspecified atom stereocenters. The average molecular weight is 205 g/mol. The summed E-state index contributed by atoms with van der Waals surface area (Å²) in [5.74, 6) is 0. The van der Waals surface area contributed by atoms with Crippen LogP contribution in [0.1, 0.15) is 38.3 Å². The van der Waals surface area contributed by atoms with E-state index >= 15 is 0 Å². The third kappa shape index (κ3) is 5.58. The fraction of sp³-hybridized carbons (Fsp3) is 0.571. The van der Waals surface area contributed by atoms with Crippen LogP contribution in [0.25, 0.3) is 0 Å². The van der Waals surface area contributed by atoms with Crippen molar-refractivity contribution in [2.75, 3.05) is 6.54 Å². The van der Waals surface area contributed by atoms with Crippen LogP contribution in [0.3, 0.4) is 0 Å². The van der Waals surface area contributed by atoms with Gasteiger partial charge in [0.1, 0.15) is 0 Å². The molecular formula is C14H23N. The molecule has 1 aromatic rings. The Morgan fingerprint density at radius 2 is 1.67 bits per heavy atom. The largest absolute Gasteiger partial charge is 0.312 e. The van der Waals surface area contributed by atoms with E-state index in [1.54, 1.807) is 0 Å². The first-order chi connectivity index (χ1) is 6.97. The highest BCUT2D eigenvalue weighted by atomic mass is 14.9. The molecule has 0 bridgehead atoms. The van der Waals surface area contributed by atoms with Gasteiger partial charge in [0.25, 0.3) is 0 Å². The summed E-state index contributed by atoms with van der Waals surface area (Å²) in [6.45, 7) is 9.85. The Labute approximate surface area is 93.9 Å². The number of hydrogen-bond donors (Lipinski definition) is 1. The summed E-state index contributed by atoms with van der Waals surface area (Å²) in [5, 5.41) is 3.50. The Morgan fingerprint density at radius 1 is 1.07 bits per heavy atom. The lowest BCUT2D eigenvalue weighted by atomic mass is 10.1. The quantitative estimate of drug-likeness (QED) is 0.744. The lowest BCUT2D eigenvalue weighted by molar-refractivity contribution is 0.422. The van der Waals surface area contributed by atoms with E-state index < -0.39 is 0 Å². The van der Waals surface area contributed by atoms with Gasteiger partial charge in [-0.15, -0.1) is 0 Å². The Bertz CT molecular complexity index is 279. The van der Waals surface area contributed by atoms with Gasteiger partial charge < -0.3 is 5.32 Å². The molecule has 15 heavy (non-hydrogen) atoms. The van der Waals surface area contributed by atoms with E-state index in [2.05, 4.69) is 57.3 Å². The number of rotatable bonds is 4. The molecule has 0 saturated heterocycles. The van der Waals surface area contributed by atoms with Crippen molar-refractivity contribution in [2.24, 2.45) is 0 Å². The van der Waals surface area contributed by atoms with E-state index in [1.807, 2.05) is 0 Å². The third-order valence-corrected chi connectivity index (χ3v) is 2.42. The average Bonchev–Trinajstić information content (AvgIpc) is 2.14. The highest BCUT2D eigenvalue weighted by Gasteiger charge is 2.06. The molecule has 1 aromatic carbocycles. The summed E-state index contributed by atoms with van der Waals surface area (Å²) in [5.41, 5.74) is 3.02. The molecule has 0 fully saturated rings. The first kappa shape index (κ1) is 12.3. The van der Waals surface area contributed by atoms with Crippen molar-refractivity contribution < 1.29 is 0 Å². The molecule has 0 aliphatic carbocycles. The van der Waals surface area contributed by atoms with Gasteiger partial charge in [-0.1, -0.05) is 29.8 Å². The maximum Gasteiger partial charge on any atom is 0.00965 e. The van der Waals surface area contributed by atoms with Gasteiger partial charge in [-0.05, 0) is 52.6 Å². The summed E-state index contributed by atoms with van der Waals surface area (Å²) in [7, 11) is 0.